The molecule has 29 heavy (non-hydrogen) atoms. The van der Waals surface area contributed by atoms with Gasteiger partial charge < -0.3 is 4.90 Å². The standard InChI is InChI=1S/C20H19FN4O3S/c21-17-8-4-5-9-19(17)25-11-10-18(22-25)20(26)23-12-14-24(15-13-23)29(27,28)16-6-2-1-3-7-16/h1-11H,12-15H2. The Bertz CT molecular complexity index is 1120. The molecule has 0 aliphatic carbocycles. The van der Waals surface area contributed by atoms with E-state index in [1.807, 2.05) is 0 Å². The molecular formula is C20H19FN4O3S. The molecule has 1 fully saturated rings. The number of hydrogen-bond donors (Lipinski definition) is 0. The molecule has 2 heterocycles. The minimum Gasteiger partial charge on any atom is -0.335 e. The largest absolute Gasteiger partial charge is 0.335 e. The number of sulfonamides is 1. The molecule has 1 aromatic heterocycles. The first-order valence-corrected chi connectivity index (χ1v) is 10.6. The van der Waals surface area contributed by atoms with E-state index in [9.17, 15) is 17.6 Å². The lowest BCUT2D eigenvalue weighted by molar-refractivity contribution is 0.0691. The molecule has 7 nitrogen and oxygen atoms in total. The second kappa shape index (κ2) is 7.76. The number of para-hydroxylation sites is 1. The van der Waals surface area contributed by atoms with Gasteiger partial charge >= 0.3 is 0 Å². The van der Waals surface area contributed by atoms with Crippen LogP contribution in [0.4, 0.5) is 4.39 Å². The number of carbonyl (C=O) groups excluding carboxylic acids is 1. The number of benzene rings is 2. The summed E-state index contributed by atoms with van der Waals surface area (Å²) in [6.45, 7) is 0.933. The summed E-state index contributed by atoms with van der Waals surface area (Å²) in [7, 11) is -3.58. The van der Waals surface area contributed by atoms with Crippen molar-refractivity contribution < 1.29 is 17.6 Å². The zero-order chi connectivity index (χ0) is 20.4. The predicted octanol–water partition coefficient (Wildman–Crippen LogP) is 2.16. The molecule has 3 aromatic rings. The molecule has 0 unspecified atom stereocenters. The van der Waals surface area contributed by atoms with E-state index in [0.717, 1.165) is 0 Å². The lowest BCUT2D eigenvalue weighted by atomic mass is 10.3. The fourth-order valence-corrected chi connectivity index (χ4v) is 4.69. The van der Waals surface area contributed by atoms with Crippen molar-refractivity contribution in [2.24, 2.45) is 0 Å². The molecule has 4 rings (SSSR count). The molecule has 9 heteroatoms. The van der Waals surface area contributed by atoms with Crippen LogP contribution >= 0.6 is 0 Å². The van der Waals surface area contributed by atoms with Crippen LogP contribution in [-0.4, -0.2) is 59.5 Å². The first-order valence-electron chi connectivity index (χ1n) is 9.12. The van der Waals surface area contributed by atoms with Crippen molar-refractivity contribution >= 4 is 15.9 Å². The topological polar surface area (TPSA) is 75.5 Å². The van der Waals surface area contributed by atoms with Gasteiger partial charge in [0.15, 0.2) is 5.69 Å². The van der Waals surface area contributed by atoms with Gasteiger partial charge in [0, 0.05) is 32.4 Å². The van der Waals surface area contributed by atoms with Crippen molar-refractivity contribution in [1.82, 2.24) is 19.0 Å². The Hall–Kier alpha value is -3.04. The molecule has 1 amide bonds. The average Bonchev–Trinajstić information content (AvgIpc) is 3.24. The quantitative estimate of drug-likeness (QED) is 0.656. The van der Waals surface area contributed by atoms with Gasteiger partial charge in [-0.25, -0.2) is 17.5 Å². The molecule has 0 radical (unpaired) electrons. The highest BCUT2D eigenvalue weighted by Gasteiger charge is 2.31. The van der Waals surface area contributed by atoms with Crippen LogP contribution in [0.3, 0.4) is 0 Å². The van der Waals surface area contributed by atoms with Gasteiger partial charge in [-0.05, 0) is 30.3 Å². The molecule has 1 aliphatic rings. The van der Waals surface area contributed by atoms with Gasteiger partial charge in [0.05, 0.1) is 4.90 Å². The summed E-state index contributed by atoms with van der Waals surface area (Å²) in [5.41, 5.74) is 0.443. The van der Waals surface area contributed by atoms with Crippen molar-refractivity contribution in [1.29, 1.82) is 0 Å². The van der Waals surface area contributed by atoms with Crippen LogP contribution in [0.25, 0.3) is 5.69 Å². The number of carbonyl (C=O) groups is 1. The Labute approximate surface area is 168 Å². The van der Waals surface area contributed by atoms with E-state index < -0.39 is 15.8 Å². The second-order valence-electron chi connectivity index (χ2n) is 6.61. The number of amides is 1. The van der Waals surface area contributed by atoms with E-state index in [2.05, 4.69) is 5.10 Å². The maximum Gasteiger partial charge on any atom is 0.274 e. The van der Waals surface area contributed by atoms with Crippen molar-refractivity contribution in [3.63, 3.8) is 0 Å². The van der Waals surface area contributed by atoms with E-state index in [1.54, 1.807) is 53.4 Å². The smallest absolute Gasteiger partial charge is 0.274 e. The Morgan fingerprint density at radius 3 is 2.24 bits per heavy atom. The van der Waals surface area contributed by atoms with Crippen molar-refractivity contribution in [3.8, 4) is 5.69 Å². The minimum absolute atomic E-state index is 0.188. The molecule has 0 atom stereocenters. The van der Waals surface area contributed by atoms with Gasteiger partial charge in [0.25, 0.3) is 5.91 Å². The number of nitrogens with zero attached hydrogens (tertiary/aromatic N) is 4. The van der Waals surface area contributed by atoms with Crippen molar-refractivity contribution in [3.05, 3.63) is 78.4 Å². The highest BCUT2D eigenvalue weighted by Crippen LogP contribution is 2.18. The van der Waals surface area contributed by atoms with Crippen LogP contribution in [0.15, 0.2) is 71.8 Å². The van der Waals surface area contributed by atoms with Crippen LogP contribution in [0.2, 0.25) is 0 Å². The van der Waals surface area contributed by atoms with Crippen LogP contribution in [-0.2, 0) is 10.0 Å². The zero-order valence-corrected chi connectivity index (χ0v) is 16.3. The van der Waals surface area contributed by atoms with E-state index in [0.29, 0.717) is 0 Å². The van der Waals surface area contributed by atoms with E-state index >= 15 is 0 Å². The average molecular weight is 414 g/mol. The van der Waals surface area contributed by atoms with Gasteiger partial charge in [-0.3, -0.25) is 4.79 Å². The minimum atomic E-state index is -3.58. The molecule has 0 spiro atoms. The molecule has 1 aliphatic heterocycles. The summed E-state index contributed by atoms with van der Waals surface area (Å²) in [4.78, 5) is 14.5. The van der Waals surface area contributed by atoms with Crippen molar-refractivity contribution in [2.45, 2.75) is 4.90 Å². The second-order valence-corrected chi connectivity index (χ2v) is 8.54. The normalized spacial score (nSPS) is 15.4. The summed E-state index contributed by atoms with van der Waals surface area (Å²) in [6.07, 6.45) is 1.53. The van der Waals surface area contributed by atoms with E-state index in [1.165, 1.54) is 27.3 Å². The molecule has 0 bridgehead atoms. The lowest BCUT2D eigenvalue weighted by Crippen LogP contribution is -2.50. The summed E-state index contributed by atoms with van der Waals surface area (Å²) < 4.78 is 42.0. The third-order valence-corrected chi connectivity index (χ3v) is 6.73. The monoisotopic (exact) mass is 414 g/mol. The van der Waals surface area contributed by atoms with Gasteiger partial charge in [0.2, 0.25) is 10.0 Å². The number of piperazine rings is 1. The van der Waals surface area contributed by atoms with E-state index in [-0.39, 0.29) is 48.4 Å². The maximum absolute atomic E-state index is 13.9. The number of rotatable bonds is 4. The molecule has 0 N–H and O–H groups in total. The maximum atomic E-state index is 13.9. The summed E-state index contributed by atoms with van der Waals surface area (Å²) in [5.74, 6) is -0.744. The Kier molecular flexibility index (Phi) is 5.16. The summed E-state index contributed by atoms with van der Waals surface area (Å²) >= 11 is 0. The third-order valence-electron chi connectivity index (χ3n) is 4.81. The molecule has 0 saturated carbocycles. The number of hydrogen-bond acceptors (Lipinski definition) is 4. The Balaban J connectivity index is 1.44. The molecule has 1 saturated heterocycles. The van der Waals surface area contributed by atoms with Crippen molar-refractivity contribution in [2.75, 3.05) is 26.2 Å². The fourth-order valence-electron chi connectivity index (χ4n) is 3.24. The predicted molar refractivity (Wildman–Crippen MR) is 105 cm³/mol. The number of aromatic nitrogens is 2. The summed E-state index contributed by atoms with van der Waals surface area (Å²) in [5, 5.41) is 4.19. The van der Waals surface area contributed by atoms with Crippen LogP contribution in [0.1, 0.15) is 10.5 Å². The fraction of sp³-hybridized carbons (Fsp3) is 0.200. The molecular weight excluding hydrogens is 395 g/mol. The molecule has 2 aromatic carbocycles. The first-order chi connectivity index (χ1) is 14.0. The van der Waals surface area contributed by atoms with Gasteiger partial charge in [-0.2, -0.15) is 9.40 Å². The highest BCUT2D eigenvalue weighted by atomic mass is 32.2. The van der Waals surface area contributed by atoms with Crippen LogP contribution in [0.5, 0.6) is 0 Å². The van der Waals surface area contributed by atoms with Gasteiger partial charge in [-0.1, -0.05) is 30.3 Å². The Morgan fingerprint density at radius 2 is 1.55 bits per heavy atom. The lowest BCUT2D eigenvalue weighted by Gasteiger charge is -2.33. The van der Waals surface area contributed by atoms with Gasteiger partial charge in [0.1, 0.15) is 11.5 Å². The zero-order valence-electron chi connectivity index (χ0n) is 15.5. The number of halogens is 1. The first kappa shape index (κ1) is 19.3. The van der Waals surface area contributed by atoms with Crippen LogP contribution < -0.4 is 0 Å². The van der Waals surface area contributed by atoms with Crippen LogP contribution in [0, 0.1) is 5.82 Å². The SMILES string of the molecule is O=C(c1ccn(-c2ccccc2F)n1)N1CCN(S(=O)(=O)c2ccccc2)CC1. The Morgan fingerprint density at radius 1 is 0.897 bits per heavy atom. The summed E-state index contributed by atoms with van der Waals surface area (Å²) in [6, 6.07) is 15.9. The third kappa shape index (κ3) is 3.79. The van der Waals surface area contributed by atoms with E-state index in [4.69, 9.17) is 0 Å². The highest BCUT2D eigenvalue weighted by molar-refractivity contribution is 7.89. The van der Waals surface area contributed by atoms with Gasteiger partial charge in [-0.15, -0.1) is 0 Å². The molecule has 150 valence electrons.